The quantitative estimate of drug-likeness (QED) is 0.630. The predicted molar refractivity (Wildman–Crippen MR) is 103 cm³/mol. The molecule has 0 spiro atoms. The molecule has 0 bridgehead atoms. The molecule has 1 heterocycles. The molecule has 0 radical (unpaired) electrons. The molecule has 10 heteroatoms. The van der Waals surface area contributed by atoms with Crippen molar-refractivity contribution in [2.75, 3.05) is 19.7 Å². The topological polar surface area (TPSA) is 122 Å². The van der Waals surface area contributed by atoms with Crippen LogP contribution in [0.3, 0.4) is 0 Å². The summed E-state index contributed by atoms with van der Waals surface area (Å²) >= 11 is 0. The van der Waals surface area contributed by atoms with E-state index in [2.05, 4.69) is 10.6 Å². The highest BCUT2D eigenvalue weighted by Crippen LogP contribution is 2.21. The first kappa shape index (κ1) is 21.3. The molecule has 3 rings (SSSR count). The fraction of sp³-hybridized carbons (Fsp3) is 0.526. The lowest BCUT2D eigenvalue weighted by Gasteiger charge is -2.25. The fourth-order valence-electron chi connectivity index (χ4n) is 3.01. The molecular formula is C19H25N3O6S. The van der Waals surface area contributed by atoms with Crippen LogP contribution in [0, 0.1) is 0 Å². The van der Waals surface area contributed by atoms with Crippen LogP contribution in [-0.2, 0) is 30.8 Å². The average Bonchev–Trinajstić information content (AvgIpc) is 3.51. The van der Waals surface area contributed by atoms with Crippen LogP contribution in [0.15, 0.2) is 29.2 Å². The second-order valence-electron chi connectivity index (χ2n) is 7.24. The van der Waals surface area contributed by atoms with Crippen molar-refractivity contribution in [3.8, 4) is 0 Å². The molecule has 1 aromatic rings. The lowest BCUT2D eigenvalue weighted by Crippen LogP contribution is -2.42. The SMILES string of the molecule is O=C(COC(=O)Cc1ccc(S(=O)(=O)N2CCCCC2)cc1)NC(=O)NC1CC1. The predicted octanol–water partition coefficient (Wildman–Crippen LogP) is 0.935. The van der Waals surface area contributed by atoms with Crippen molar-refractivity contribution in [3.63, 3.8) is 0 Å². The lowest BCUT2D eigenvalue weighted by molar-refractivity contribution is -0.147. The van der Waals surface area contributed by atoms with E-state index in [1.807, 2.05) is 0 Å². The van der Waals surface area contributed by atoms with Gasteiger partial charge in [-0.2, -0.15) is 4.31 Å². The number of hydrogen-bond acceptors (Lipinski definition) is 6. The number of imide groups is 1. The highest BCUT2D eigenvalue weighted by molar-refractivity contribution is 7.89. The van der Waals surface area contributed by atoms with E-state index in [9.17, 15) is 22.8 Å². The van der Waals surface area contributed by atoms with Gasteiger partial charge in [-0.1, -0.05) is 18.6 Å². The number of ether oxygens (including phenoxy) is 1. The third kappa shape index (κ3) is 6.26. The van der Waals surface area contributed by atoms with E-state index in [0.29, 0.717) is 18.7 Å². The summed E-state index contributed by atoms with van der Waals surface area (Å²) in [5.41, 5.74) is 0.569. The van der Waals surface area contributed by atoms with Crippen LogP contribution in [0.5, 0.6) is 0 Å². The minimum absolute atomic E-state index is 0.106. The zero-order valence-electron chi connectivity index (χ0n) is 16.1. The van der Waals surface area contributed by atoms with E-state index in [0.717, 1.165) is 32.1 Å². The van der Waals surface area contributed by atoms with Gasteiger partial charge in [-0.3, -0.25) is 14.9 Å². The van der Waals surface area contributed by atoms with E-state index in [1.165, 1.54) is 16.4 Å². The minimum Gasteiger partial charge on any atom is -0.455 e. The van der Waals surface area contributed by atoms with Gasteiger partial charge < -0.3 is 10.1 Å². The summed E-state index contributed by atoms with van der Waals surface area (Å²) in [4.78, 5) is 35.1. The Balaban J connectivity index is 1.45. The van der Waals surface area contributed by atoms with Gasteiger partial charge in [0, 0.05) is 19.1 Å². The summed E-state index contributed by atoms with van der Waals surface area (Å²) in [6, 6.07) is 5.58. The highest BCUT2D eigenvalue weighted by Gasteiger charge is 2.26. The van der Waals surface area contributed by atoms with Gasteiger partial charge in [0.1, 0.15) is 0 Å². The number of piperidine rings is 1. The molecule has 1 saturated heterocycles. The normalized spacial score (nSPS) is 17.4. The molecule has 0 unspecified atom stereocenters. The Labute approximate surface area is 169 Å². The maximum atomic E-state index is 12.6. The molecule has 0 aromatic heterocycles. The number of urea groups is 1. The van der Waals surface area contributed by atoms with Gasteiger partial charge in [0.2, 0.25) is 10.0 Å². The van der Waals surface area contributed by atoms with Crippen molar-refractivity contribution < 1.29 is 27.5 Å². The van der Waals surface area contributed by atoms with E-state index in [1.54, 1.807) is 12.1 Å². The van der Waals surface area contributed by atoms with Crippen LogP contribution in [-0.4, -0.2) is 56.4 Å². The van der Waals surface area contributed by atoms with E-state index in [-0.39, 0.29) is 17.4 Å². The molecular weight excluding hydrogens is 398 g/mol. The molecule has 1 aliphatic heterocycles. The molecule has 1 aromatic carbocycles. The van der Waals surface area contributed by atoms with Crippen LogP contribution >= 0.6 is 0 Å². The summed E-state index contributed by atoms with van der Waals surface area (Å²) in [5.74, 6) is -1.35. The van der Waals surface area contributed by atoms with Crippen molar-refractivity contribution in [3.05, 3.63) is 29.8 Å². The second-order valence-corrected chi connectivity index (χ2v) is 9.18. The molecule has 9 nitrogen and oxygen atoms in total. The van der Waals surface area contributed by atoms with Gasteiger partial charge in [-0.15, -0.1) is 0 Å². The molecule has 2 N–H and O–H groups in total. The zero-order valence-corrected chi connectivity index (χ0v) is 16.9. The summed E-state index contributed by atoms with van der Waals surface area (Å²) in [6.45, 7) is 0.493. The van der Waals surface area contributed by atoms with Gasteiger partial charge in [-0.05, 0) is 43.4 Å². The van der Waals surface area contributed by atoms with E-state index in [4.69, 9.17) is 4.74 Å². The minimum atomic E-state index is -3.52. The van der Waals surface area contributed by atoms with Gasteiger partial charge in [-0.25, -0.2) is 13.2 Å². The second kappa shape index (κ2) is 9.36. The van der Waals surface area contributed by atoms with Crippen LogP contribution in [0.1, 0.15) is 37.7 Å². The first-order valence-corrected chi connectivity index (χ1v) is 11.1. The Bertz CT molecular complexity index is 858. The Morgan fingerprint density at radius 3 is 2.31 bits per heavy atom. The molecule has 0 atom stereocenters. The number of nitrogens with one attached hydrogen (secondary N) is 2. The maximum absolute atomic E-state index is 12.6. The molecule has 2 aliphatic rings. The van der Waals surface area contributed by atoms with Crippen molar-refractivity contribution in [1.29, 1.82) is 0 Å². The maximum Gasteiger partial charge on any atom is 0.321 e. The molecule has 2 fully saturated rings. The van der Waals surface area contributed by atoms with Crippen LogP contribution in [0.4, 0.5) is 4.79 Å². The van der Waals surface area contributed by atoms with Gasteiger partial charge in [0.25, 0.3) is 5.91 Å². The molecule has 1 saturated carbocycles. The number of carbonyl (C=O) groups excluding carboxylic acids is 3. The summed E-state index contributed by atoms with van der Waals surface area (Å²) in [6.07, 6.45) is 4.45. The van der Waals surface area contributed by atoms with Crippen molar-refractivity contribution >= 4 is 27.9 Å². The van der Waals surface area contributed by atoms with Gasteiger partial charge in [0.15, 0.2) is 6.61 Å². The van der Waals surface area contributed by atoms with Crippen molar-refractivity contribution in [2.45, 2.75) is 49.5 Å². The fourth-order valence-corrected chi connectivity index (χ4v) is 4.53. The molecule has 3 amide bonds. The van der Waals surface area contributed by atoms with E-state index < -0.39 is 34.5 Å². The Morgan fingerprint density at radius 2 is 1.69 bits per heavy atom. The molecule has 1 aliphatic carbocycles. The third-order valence-electron chi connectivity index (χ3n) is 4.75. The number of amides is 3. The first-order chi connectivity index (χ1) is 13.8. The number of esters is 1. The van der Waals surface area contributed by atoms with Gasteiger partial charge >= 0.3 is 12.0 Å². The smallest absolute Gasteiger partial charge is 0.321 e. The summed E-state index contributed by atoms with van der Waals surface area (Å²) < 4.78 is 31.6. The number of nitrogens with zero attached hydrogens (tertiary/aromatic N) is 1. The molecule has 29 heavy (non-hydrogen) atoms. The average molecular weight is 423 g/mol. The first-order valence-electron chi connectivity index (χ1n) is 9.69. The Kier molecular flexibility index (Phi) is 6.86. The Hall–Kier alpha value is -2.46. The summed E-state index contributed by atoms with van der Waals surface area (Å²) in [5, 5.41) is 4.68. The Morgan fingerprint density at radius 1 is 1.03 bits per heavy atom. The number of sulfonamides is 1. The number of benzene rings is 1. The van der Waals surface area contributed by atoms with Gasteiger partial charge in [0.05, 0.1) is 11.3 Å². The molecule has 158 valence electrons. The van der Waals surface area contributed by atoms with Crippen molar-refractivity contribution in [2.24, 2.45) is 0 Å². The van der Waals surface area contributed by atoms with E-state index >= 15 is 0 Å². The summed E-state index contributed by atoms with van der Waals surface area (Å²) in [7, 11) is -3.52. The largest absolute Gasteiger partial charge is 0.455 e. The number of rotatable bonds is 7. The monoisotopic (exact) mass is 423 g/mol. The number of carbonyl (C=O) groups is 3. The zero-order chi connectivity index (χ0) is 20.9. The van der Waals surface area contributed by atoms with Crippen LogP contribution < -0.4 is 10.6 Å². The van der Waals surface area contributed by atoms with Crippen LogP contribution in [0.2, 0.25) is 0 Å². The number of hydrogen-bond donors (Lipinski definition) is 2. The van der Waals surface area contributed by atoms with Crippen molar-refractivity contribution in [1.82, 2.24) is 14.9 Å². The highest BCUT2D eigenvalue weighted by atomic mass is 32.2. The lowest BCUT2D eigenvalue weighted by atomic mass is 10.1. The third-order valence-corrected chi connectivity index (χ3v) is 6.67. The standard InChI is InChI=1S/C19H25N3O6S/c23-17(21-19(25)20-15-6-7-15)13-28-18(24)12-14-4-8-16(9-5-14)29(26,27)22-10-2-1-3-11-22/h4-5,8-9,15H,1-3,6-7,10-13H2,(H2,20,21,23,25). The van der Waals surface area contributed by atoms with Crippen LogP contribution in [0.25, 0.3) is 0 Å².